The van der Waals surface area contributed by atoms with Crippen LogP contribution < -0.4 is 18.8 Å². The third-order valence-electron chi connectivity index (χ3n) is 3.03. The molecule has 0 saturated heterocycles. The van der Waals surface area contributed by atoms with Crippen LogP contribution in [0.3, 0.4) is 0 Å². The zero-order valence-electron chi connectivity index (χ0n) is 12.6. The molecule has 0 atom stereocenters. The highest BCUT2D eigenvalue weighted by atomic mass is 16.6. The number of benzene rings is 2. The fourth-order valence-corrected chi connectivity index (χ4v) is 2.00. The van der Waals surface area contributed by atoms with Gasteiger partial charge >= 0.3 is 7.69 Å². The third-order valence-corrected chi connectivity index (χ3v) is 3.03. The molecule has 1 radical (unpaired) electrons. The quantitative estimate of drug-likeness (QED) is 0.550. The predicted octanol–water partition coefficient (Wildman–Crippen LogP) is 2.32. The lowest BCUT2D eigenvalue weighted by Gasteiger charge is -2.13. The Balaban J connectivity index is 2.12. The van der Waals surface area contributed by atoms with Crippen molar-refractivity contribution in [3.8, 4) is 23.0 Å². The summed E-state index contributed by atoms with van der Waals surface area (Å²) in [6, 6.07) is 9.79. The number of rotatable bonds is 8. The van der Waals surface area contributed by atoms with Crippen LogP contribution in [0.25, 0.3) is 0 Å². The molecule has 0 unspecified atom stereocenters. The Kier molecular flexibility index (Phi) is 5.63. The number of methoxy groups -OCH3 is 2. The van der Waals surface area contributed by atoms with Gasteiger partial charge in [-0.05, 0) is 24.3 Å². The number of para-hydroxylation sites is 2. The standard InChI is InChI=1S/C16H14BO6/c1-20-15-11(9-18)5-3-7-13(15)22-17-23-14-8-4-6-12(10-19)16(14)21-2/h3-10H,1-2H3. The van der Waals surface area contributed by atoms with E-state index in [1.54, 1.807) is 36.4 Å². The molecule has 2 aromatic carbocycles. The molecule has 0 fully saturated rings. The van der Waals surface area contributed by atoms with Gasteiger partial charge in [0.15, 0.2) is 24.1 Å². The van der Waals surface area contributed by atoms with Gasteiger partial charge in [0.1, 0.15) is 11.5 Å². The maximum absolute atomic E-state index is 11.0. The smallest absolute Gasteiger partial charge is 0.524 e. The number of aldehydes is 2. The van der Waals surface area contributed by atoms with Crippen molar-refractivity contribution in [2.45, 2.75) is 0 Å². The van der Waals surface area contributed by atoms with Crippen LogP contribution in [0.1, 0.15) is 20.7 Å². The maximum Gasteiger partial charge on any atom is 0.658 e. The van der Waals surface area contributed by atoms with Crippen molar-refractivity contribution >= 4 is 20.3 Å². The fourth-order valence-electron chi connectivity index (χ4n) is 2.00. The van der Waals surface area contributed by atoms with Crippen molar-refractivity contribution in [2.24, 2.45) is 0 Å². The third kappa shape index (κ3) is 3.63. The fraction of sp³-hybridized carbons (Fsp3) is 0.125. The molecular formula is C16H14BO6. The molecule has 0 saturated carbocycles. The largest absolute Gasteiger partial charge is 0.658 e. The molecule has 0 heterocycles. The van der Waals surface area contributed by atoms with Gasteiger partial charge in [0.2, 0.25) is 0 Å². The minimum atomic E-state index is 0.302. The topological polar surface area (TPSA) is 71.1 Å². The van der Waals surface area contributed by atoms with E-state index in [1.165, 1.54) is 14.2 Å². The minimum absolute atomic E-state index is 0.302. The van der Waals surface area contributed by atoms with Gasteiger partial charge < -0.3 is 18.8 Å². The first-order chi connectivity index (χ1) is 11.2. The summed E-state index contributed by atoms with van der Waals surface area (Å²) in [5, 5.41) is 0. The summed E-state index contributed by atoms with van der Waals surface area (Å²) in [5.41, 5.74) is 0.720. The van der Waals surface area contributed by atoms with Crippen LogP contribution in [0.4, 0.5) is 0 Å². The second kappa shape index (κ2) is 7.88. The molecule has 2 aromatic rings. The minimum Gasteiger partial charge on any atom is -0.524 e. The molecule has 0 spiro atoms. The highest BCUT2D eigenvalue weighted by Gasteiger charge is 2.14. The van der Waals surface area contributed by atoms with Crippen molar-refractivity contribution in [3.05, 3.63) is 47.5 Å². The van der Waals surface area contributed by atoms with Crippen LogP contribution >= 0.6 is 0 Å². The monoisotopic (exact) mass is 313 g/mol. The van der Waals surface area contributed by atoms with Gasteiger partial charge in [0, 0.05) is 0 Å². The van der Waals surface area contributed by atoms with E-state index in [-0.39, 0.29) is 0 Å². The number of carbonyl (C=O) groups excluding carboxylic acids is 2. The number of hydrogen-bond donors (Lipinski definition) is 0. The summed E-state index contributed by atoms with van der Waals surface area (Å²) < 4.78 is 21.0. The molecule has 7 heteroatoms. The van der Waals surface area contributed by atoms with Gasteiger partial charge in [-0.15, -0.1) is 0 Å². The van der Waals surface area contributed by atoms with Gasteiger partial charge in [-0.3, -0.25) is 9.59 Å². The summed E-state index contributed by atoms with van der Waals surface area (Å²) in [5.74, 6) is 1.25. The van der Waals surface area contributed by atoms with E-state index in [0.29, 0.717) is 46.7 Å². The summed E-state index contributed by atoms with van der Waals surface area (Å²) >= 11 is 0. The van der Waals surface area contributed by atoms with E-state index < -0.39 is 0 Å². The Morgan fingerprint density at radius 3 is 1.57 bits per heavy atom. The van der Waals surface area contributed by atoms with E-state index in [9.17, 15) is 9.59 Å². The predicted molar refractivity (Wildman–Crippen MR) is 83.8 cm³/mol. The molecule has 6 nitrogen and oxygen atoms in total. The van der Waals surface area contributed by atoms with Gasteiger partial charge in [-0.2, -0.15) is 0 Å². The lowest BCUT2D eigenvalue weighted by Crippen LogP contribution is -2.13. The first-order valence-electron chi connectivity index (χ1n) is 6.64. The molecule has 0 amide bonds. The number of carbonyl (C=O) groups is 2. The molecule has 2 rings (SSSR count). The SMILES string of the molecule is COc1c(C=O)cccc1O[B]Oc1cccc(C=O)c1OC. The van der Waals surface area contributed by atoms with Gasteiger partial charge in [0.05, 0.1) is 25.3 Å². The Hall–Kier alpha value is -2.96. The molecule has 117 valence electrons. The van der Waals surface area contributed by atoms with Crippen molar-refractivity contribution in [3.63, 3.8) is 0 Å². The second-order valence-electron chi connectivity index (χ2n) is 4.32. The van der Waals surface area contributed by atoms with Crippen molar-refractivity contribution in [2.75, 3.05) is 14.2 Å². The van der Waals surface area contributed by atoms with Gasteiger partial charge in [-0.1, -0.05) is 12.1 Å². The van der Waals surface area contributed by atoms with Crippen LogP contribution in [0.15, 0.2) is 36.4 Å². The number of ether oxygens (including phenoxy) is 2. The first-order valence-corrected chi connectivity index (χ1v) is 6.64. The molecule has 23 heavy (non-hydrogen) atoms. The molecule has 0 aliphatic heterocycles. The summed E-state index contributed by atoms with van der Waals surface area (Å²) in [6.07, 6.45) is 1.34. The number of hydrogen-bond acceptors (Lipinski definition) is 6. The Bertz CT molecular complexity index is 641. The van der Waals surface area contributed by atoms with Crippen LogP contribution in [-0.2, 0) is 0 Å². The zero-order chi connectivity index (χ0) is 16.7. The van der Waals surface area contributed by atoms with Crippen LogP contribution in [0.5, 0.6) is 23.0 Å². The van der Waals surface area contributed by atoms with Gasteiger partial charge in [0.25, 0.3) is 0 Å². The molecule has 0 aliphatic rings. The highest BCUT2D eigenvalue weighted by molar-refractivity contribution is 6.21. The zero-order valence-corrected chi connectivity index (χ0v) is 12.6. The van der Waals surface area contributed by atoms with Crippen LogP contribution in [0.2, 0.25) is 0 Å². The first kappa shape index (κ1) is 16.4. The summed E-state index contributed by atoms with van der Waals surface area (Å²) in [6.45, 7) is 0. The van der Waals surface area contributed by atoms with Crippen molar-refractivity contribution in [1.82, 2.24) is 0 Å². The average Bonchev–Trinajstić information content (AvgIpc) is 2.60. The molecule has 0 aromatic heterocycles. The second-order valence-corrected chi connectivity index (χ2v) is 4.32. The Morgan fingerprint density at radius 1 is 0.783 bits per heavy atom. The lowest BCUT2D eigenvalue weighted by molar-refractivity contribution is 0.111. The van der Waals surface area contributed by atoms with E-state index in [0.717, 1.165) is 7.69 Å². The molecular weight excluding hydrogens is 299 g/mol. The Morgan fingerprint density at radius 2 is 1.22 bits per heavy atom. The maximum atomic E-state index is 11.0. The van der Waals surface area contributed by atoms with Crippen molar-refractivity contribution in [1.29, 1.82) is 0 Å². The van der Waals surface area contributed by atoms with Crippen LogP contribution in [0, 0.1) is 0 Å². The molecule has 0 N–H and O–H groups in total. The highest BCUT2D eigenvalue weighted by Crippen LogP contribution is 2.31. The average molecular weight is 313 g/mol. The summed E-state index contributed by atoms with van der Waals surface area (Å²) in [4.78, 5) is 21.9. The van der Waals surface area contributed by atoms with Crippen molar-refractivity contribution < 1.29 is 28.4 Å². The van der Waals surface area contributed by atoms with Crippen LogP contribution in [-0.4, -0.2) is 34.5 Å². The Labute approximate surface area is 134 Å². The van der Waals surface area contributed by atoms with E-state index in [1.807, 2.05) is 0 Å². The lowest BCUT2D eigenvalue weighted by atomic mass is 10.2. The van der Waals surface area contributed by atoms with E-state index in [4.69, 9.17) is 18.8 Å². The van der Waals surface area contributed by atoms with Gasteiger partial charge in [-0.25, -0.2) is 0 Å². The van der Waals surface area contributed by atoms with E-state index >= 15 is 0 Å². The summed E-state index contributed by atoms with van der Waals surface area (Å²) in [7, 11) is 3.94. The molecule has 0 aliphatic carbocycles. The normalized spacial score (nSPS) is 9.65. The van der Waals surface area contributed by atoms with E-state index in [2.05, 4.69) is 0 Å². The molecule has 0 bridgehead atoms.